The van der Waals surface area contributed by atoms with Crippen molar-refractivity contribution in [3.8, 4) is 5.75 Å². The van der Waals surface area contributed by atoms with Crippen LogP contribution in [0.2, 0.25) is 0 Å². The third-order valence-electron chi connectivity index (χ3n) is 3.66. The molecule has 0 saturated heterocycles. The Bertz CT molecular complexity index is 860. The molecule has 0 amide bonds. The van der Waals surface area contributed by atoms with Crippen LogP contribution in [-0.4, -0.2) is 5.97 Å². The van der Waals surface area contributed by atoms with Crippen molar-refractivity contribution in [2.75, 3.05) is 0 Å². The quantitative estimate of drug-likeness (QED) is 0.289. The van der Waals surface area contributed by atoms with Gasteiger partial charge < -0.3 is 4.74 Å². The van der Waals surface area contributed by atoms with Gasteiger partial charge in [0.1, 0.15) is 5.75 Å². The van der Waals surface area contributed by atoms with Gasteiger partial charge in [0.15, 0.2) is 0 Å². The largest absolute Gasteiger partial charge is 0.423 e. The minimum atomic E-state index is -0.307. The van der Waals surface area contributed by atoms with Gasteiger partial charge in [0.2, 0.25) is 0 Å². The van der Waals surface area contributed by atoms with Gasteiger partial charge in [0.05, 0.1) is 0 Å². The van der Waals surface area contributed by atoms with Gasteiger partial charge in [0, 0.05) is 11.0 Å². The number of allylic oxidation sites excluding steroid dienone is 1. The van der Waals surface area contributed by atoms with E-state index in [-0.39, 0.29) is 5.97 Å². The summed E-state index contributed by atoms with van der Waals surface area (Å²) in [5.74, 6) is 0.294. The highest BCUT2D eigenvalue weighted by molar-refractivity contribution is 6.02. The Labute approximate surface area is 123 Å². The second kappa shape index (κ2) is 5.41. The summed E-state index contributed by atoms with van der Waals surface area (Å²) in [4.78, 5) is 12.0. The Morgan fingerprint density at radius 1 is 0.952 bits per heavy atom. The Kier molecular flexibility index (Phi) is 3.44. The number of esters is 1. The summed E-state index contributed by atoms with van der Waals surface area (Å²) in [7, 11) is 0. The number of ether oxygens (including phenoxy) is 1. The molecule has 0 saturated carbocycles. The fraction of sp³-hybridized carbons (Fsp3) is 0.105. The van der Waals surface area contributed by atoms with E-state index in [2.05, 4.69) is 24.3 Å². The van der Waals surface area contributed by atoms with Crippen molar-refractivity contribution >= 4 is 27.5 Å². The van der Waals surface area contributed by atoms with Gasteiger partial charge >= 0.3 is 5.97 Å². The fourth-order valence-electron chi connectivity index (χ4n) is 2.33. The molecular formula is C19H16O2. The summed E-state index contributed by atoms with van der Waals surface area (Å²) in [5, 5.41) is 4.33. The minimum Gasteiger partial charge on any atom is -0.423 e. The standard InChI is InChI=1S/C19H16O2/c1-3-13(2)19(20)21-18-10-6-9-16-11-14-7-4-5-8-15(14)12-17(16)18/h3-12H,1-2H3. The van der Waals surface area contributed by atoms with Gasteiger partial charge in [-0.05, 0) is 48.2 Å². The maximum atomic E-state index is 12.0. The number of hydrogen-bond acceptors (Lipinski definition) is 2. The lowest BCUT2D eigenvalue weighted by Crippen LogP contribution is -2.09. The average molecular weight is 276 g/mol. The molecule has 3 aromatic carbocycles. The lowest BCUT2D eigenvalue weighted by atomic mass is 10.0. The SMILES string of the molecule is CC=C(C)C(=O)Oc1cccc2cc3ccccc3cc12. The Morgan fingerprint density at radius 3 is 2.33 bits per heavy atom. The zero-order chi connectivity index (χ0) is 14.8. The maximum absolute atomic E-state index is 12.0. The summed E-state index contributed by atoms with van der Waals surface area (Å²) in [6.45, 7) is 3.58. The molecule has 2 nitrogen and oxygen atoms in total. The molecule has 0 aliphatic carbocycles. The van der Waals surface area contributed by atoms with E-state index < -0.39 is 0 Å². The highest BCUT2D eigenvalue weighted by atomic mass is 16.5. The molecule has 0 N–H and O–H groups in total. The molecule has 0 heterocycles. The molecule has 21 heavy (non-hydrogen) atoms. The first-order valence-corrected chi connectivity index (χ1v) is 6.95. The van der Waals surface area contributed by atoms with E-state index in [1.165, 1.54) is 5.39 Å². The summed E-state index contributed by atoms with van der Waals surface area (Å²) in [6.07, 6.45) is 1.75. The third kappa shape index (κ3) is 2.52. The Balaban J connectivity index is 2.15. The predicted octanol–water partition coefficient (Wildman–Crippen LogP) is 4.86. The molecule has 0 unspecified atom stereocenters. The molecule has 0 aromatic heterocycles. The van der Waals surface area contributed by atoms with Gasteiger partial charge in [-0.3, -0.25) is 0 Å². The molecule has 3 aromatic rings. The van der Waals surface area contributed by atoms with E-state index >= 15 is 0 Å². The van der Waals surface area contributed by atoms with Crippen LogP contribution < -0.4 is 4.74 Å². The number of rotatable bonds is 2. The minimum absolute atomic E-state index is 0.307. The van der Waals surface area contributed by atoms with Gasteiger partial charge in [-0.15, -0.1) is 0 Å². The molecule has 0 aliphatic heterocycles. The first kappa shape index (κ1) is 13.4. The van der Waals surface area contributed by atoms with Crippen LogP contribution in [0.15, 0.2) is 66.2 Å². The average Bonchev–Trinajstić information content (AvgIpc) is 2.52. The zero-order valence-corrected chi connectivity index (χ0v) is 12.1. The number of carbonyl (C=O) groups is 1. The second-order valence-corrected chi connectivity index (χ2v) is 5.04. The molecule has 0 radical (unpaired) electrons. The number of carbonyl (C=O) groups excluding carboxylic acids is 1. The van der Waals surface area contributed by atoms with Crippen molar-refractivity contribution in [1.82, 2.24) is 0 Å². The normalized spacial score (nSPS) is 11.8. The van der Waals surface area contributed by atoms with Gasteiger partial charge in [-0.25, -0.2) is 4.79 Å². The highest BCUT2D eigenvalue weighted by Crippen LogP contribution is 2.30. The van der Waals surface area contributed by atoms with Crippen LogP contribution in [-0.2, 0) is 4.79 Å². The van der Waals surface area contributed by atoms with Gasteiger partial charge in [0.25, 0.3) is 0 Å². The molecule has 104 valence electrons. The summed E-state index contributed by atoms with van der Waals surface area (Å²) in [5.41, 5.74) is 0.604. The van der Waals surface area contributed by atoms with E-state index in [9.17, 15) is 4.79 Å². The van der Waals surface area contributed by atoms with Crippen LogP contribution in [0.4, 0.5) is 0 Å². The molecule has 0 bridgehead atoms. The van der Waals surface area contributed by atoms with Crippen molar-refractivity contribution in [3.05, 3.63) is 66.2 Å². The van der Waals surface area contributed by atoms with E-state index in [0.29, 0.717) is 11.3 Å². The third-order valence-corrected chi connectivity index (χ3v) is 3.66. The summed E-state index contributed by atoms with van der Waals surface area (Å²) >= 11 is 0. The smallest absolute Gasteiger partial charge is 0.338 e. The van der Waals surface area contributed by atoms with E-state index in [0.717, 1.165) is 16.2 Å². The summed E-state index contributed by atoms with van der Waals surface area (Å²) < 4.78 is 5.52. The molecular weight excluding hydrogens is 260 g/mol. The summed E-state index contributed by atoms with van der Waals surface area (Å²) in [6, 6.07) is 18.1. The maximum Gasteiger partial charge on any atom is 0.338 e. The molecule has 0 spiro atoms. The van der Waals surface area contributed by atoms with Crippen molar-refractivity contribution in [3.63, 3.8) is 0 Å². The zero-order valence-electron chi connectivity index (χ0n) is 12.1. The van der Waals surface area contributed by atoms with E-state index in [1.54, 1.807) is 13.0 Å². The van der Waals surface area contributed by atoms with Crippen molar-refractivity contribution < 1.29 is 9.53 Å². The number of fused-ring (bicyclic) bond motifs is 2. The van der Waals surface area contributed by atoms with Crippen LogP contribution in [0.3, 0.4) is 0 Å². The molecule has 0 aliphatic rings. The number of benzene rings is 3. The first-order valence-electron chi connectivity index (χ1n) is 6.95. The molecule has 0 atom stereocenters. The fourth-order valence-corrected chi connectivity index (χ4v) is 2.33. The highest BCUT2D eigenvalue weighted by Gasteiger charge is 2.10. The number of hydrogen-bond donors (Lipinski definition) is 0. The van der Waals surface area contributed by atoms with E-state index in [4.69, 9.17) is 4.74 Å². The van der Waals surface area contributed by atoms with Crippen LogP contribution in [0, 0.1) is 0 Å². The Hall–Kier alpha value is -2.61. The molecule has 3 rings (SSSR count). The van der Waals surface area contributed by atoms with Gasteiger partial charge in [-0.1, -0.05) is 42.5 Å². The van der Waals surface area contributed by atoms with E-state index in [1.807, 2.05) is 37.3 Å². The lowest BCUT2D eigenvalue weighted by Gasteiger charge is -2.09. The molecule has 2 heteroatoms. The second-order valence-electron chi connectivity index (χ2n) is 5.04. The van der Waals surface area contributed by atoms with Crippen LogP contribution in [0.5, 0.6) is 5.75 Å². The van der Waals surface area contributed by atoms with Crippen LogP contribution in [0.1, 0.15) is 13.8 Å². The van der Waals surface area contributed by atoms with Crippen molar-refractivity contribution in [2.24, 2.45) is 0 Å². The Morgan fingerprint density at radius 2 is 1.62 bits per heavy atom. The van der Waals surface area contributed by atoms with Crippen LogP contribution >= 0.6 is 0 Å². The van der Waals surface area contributed by atoms with Crippen LogP contribution in [0.25, 0.3) is 21.5 Å². The topological polar surface area (TPSA) is 26.3 Å². The molecule has 0 fully saturated rings. The van der Waals surface area contributed by atoms with Gasteiger partial charge in [-0.2, -0.15) is 0 Å². The van der Waals surface area contributed by atoms with Crippen molar-refractivity contribution in [2.45, 2.75) is 13.8 Å². The first-order chi connectivity index (χ1) is 10.2. The lowest BCUT2D eigenvalue weighted by molar-refractivity contribution is -0.130. The predicted molar refractivity (Wildman–Crippen MR) is 86.5 cm³/mol. The monoisotopic (exact) mass is 276 g/mol. The van der Waals surface area contributed by atoms with Crippen molar-refractivity contribution in [1.29, 1.82) is 0 Å².